The zero-order valence-corrected chi connectivity index (χ0v) is 13.4. The molecule has 0 bridgehead atoms. The van der Waals surface area contributed by atoms with E-state index in [1.807, 2.05) is 25.1 Å². The van der Waals surface area contributed by atoms with Crippen molar-refractivity contribution in [1.29, 1.82) is 0 Å². The van der Waals surface area contributed by atoms with E-state index >= 15 is 0 Å². The molecule has 0 unspecified atom stereocenters. The first-order valence-corrected chi connectivity index (χ1v) is 7.18. The molecular weight excluding hydrogens is 372 g/mol. The Morgan fingerprint density at radius 1 is 1.11 bits per heavy atom. The van der Waals surface area contributed by atoms with Gasteiger partial charge in [0.15, 0.2) is 0 Å². The highest BCUT2D eigenvalue weighted by Gasteiger charge is 2.12. The van der Waals surface area contributed by atoms with Crippen LogP contribution in [0.5, 0.6) is 0 Å². The molecule has 0 atom stereocenters. The van der Waals surface area contributed by atoms with E-state index in [0.717, 1.165) is 14.5 Å². The Balaban J connectivity index is 2.30. The van der Waals surface area contributed by atoms with Crippen molar-refractivity contribution in [3.63, 3.8) is 0 Å². The van der Waals surface area contributed by atoms with Gasteiger partial charge in [-0.1, -0.05) is 11.6 Å². The molecule has 98 valence electrons. The zero-order chi connectivity index (χ0) is 14.0. The molecule has 0 aliphatic carbocycles. The molecule has 3 nitrogen and oxygen atoms in total. The molecule has 2 rings (SSSR count). The van der Waals surface area contributed by atoms with Crippen molar-refractivity contribution in [2.45, 2.75) is 6.92 Å². The number of rotatable bonds is 2. The number of nitrogen functional groups attached to an aromatic ring is 1. The Kier molecular flexibility index (Phi) is 4.27. The second kappa shape index (κ2) is 5.75. The molecule has 5 heteroatoms. The molecule has 0 heterocycles. The monoisotopic (exact) mass is 382 g/mol. The third kappa shape index (κ3) is 3.36. The summed E-state index contributed by atoms with van der Waals surface area (Å²) in [6.07, 6.45) is 0. The first-order valence-electron chi connectivity index (χ1n) is 5.60. The van der Waals surface area contributed by atoms with Crippen molar-refractivity contribution >= 4 is 49.1 Å². The van der Waals surface area contributed by atoms with Crippen molar-refractivity contribution in [1.82, 2.24) is 0 Å². The zero-order valence-electron chi connectivity index (χ0n) is 10.2. The highest BCUT2D eigenvalue weighted by atomic mass is 79.9. The Hall–Kier alpha value is -1.33. The third-order valence-corrected chi connectivity index (χ3v) is 3.99. The van der Waals surface area contributed by atoms with Gasteiger partial charge >= 0.3 is 0 Å². The van der Waals surface area contributed by atoms with Crippen molar-refractivity contribution in [2.75, 3.05) is 11.1 Å². The number of anilines is 2. The van der Waals surface area contributed by atoms with E-state index < -0.39 is 0 Å². The summed E-state index contributed by atoms with van der Waals surface area (Å²) in [4.78, 5) is 12.2. The van der Waals surface area contributed by atoms with Gasteiger partial charge in [0, 0.05) is 14.6 Å². The molecule has 0 aliphatic heterocycles. The van der Waals surface area contributed by atoms with Crippen LogP contribution in [0.3, 0.4) is 0 Å². The molecule has 2 aromatic rings. The average Bonchev–Trinajstić information content (AvgIpc) is 2.36. The molecule has 0 aliphatic rings. The van der Waals surface area contributed by atoms with Crippen molar-refractivity contribution < 1.29 is 4.79 Å². The van der Waals surface area contributed by atoms with Gasteiger partial charge in [0.05, 0.1) is 11.3 Å². The van der Waals surface area contributed by atoms with Crippen LogP contribution >= 0.6 is 31.9 Å². The highest BCUT2D eigenvalue weighted by Crippen LogP contribution is 2.26. The van der Waals surface area contributed by atoms with Crippen molar-refractivity contribution in [3.8, 4) is 0 Å². The Bertz CT molecular complexity index is 641. The number of amides is 1. The van der Waals surface area contributed by atoms with Crippen molar-refractivity contribution in [3.05, 3.63) is 56.5 Å². The van der Waals surface area contributed by atoms with Crippen LogP contribution in [-0.2, 0) is 0 Å². The molecule has 2 aromatic carbocycles. The second-order valence-corrected chi connectivity index (χ2v) is 5.89. The molecule has 0 aromatic heterocycles. The number of benzene rings is 2. The maximum absolute atomic E-state index is 12.2. The highest BCUT2D eigenvalue weighted by molar-refractivity contribution is 9.11. The van der Waals surface area contributed by atoms with Crippen LogP contribution in [-0.4, -0.2) is 5.91 Å². The molecular formula is C14H12Br2N2O. The lowest BCUT2D eigenvalue weighted by Gasteiger charge is -2.10. The largest absolute Gasteiger partial charge is 0.399 e. The fourth-order valence-corrected chi connectivity index (χ4v) is 2.41. The van der Waals surface area contributed by atoms with Gasteiger partial charge in [0.1, 0.15) is 0 Å². The molecule has 1 amide bonds. The number of nitrogens with one attached hydrogen (secondary N) is 1. The Labute approximate surface area is 128 Å². The van der Waals surface area contributed by atoms with Crippen LogP contribution in [0.15, 0.2) is 45.3 Å². The van der Waals surface area contributed by atoms with Gasteiger partial charge in [-0.25, -0.2) is 0 Å². The summed E-state index contributed by atoms with van der Waals surface area (Å²) >= 11 is 6.76. The number of nitrogens with two attached hydrogens (primary N) is 1. The number of halogens is 2. The second-order valence-electron chi connectivity index (χ2n) is 4.18. The van der Waals surface area contributed by atoms with Gasteiger partial charge in [-0.05, 0) is 69.1 Å². The van der Waals surface area contributed by atoms with Crippen LogP contribution in [0, 0.1) is 6.92 Å². The van der Waals surface area contributed by atoms with Crippen LogP contribution in [0.4, 0.5) is 11.4 Å². The molecule has 3 N–H and O–H groups in total. The van der Waals surface area contributed by atoms with Gasteiger partial charge in [-0.15, -0.1) is 0 Å². The normalized spacial score (nSPS) is 10.3. The fourth-order valence-electron chi connectivity index (χ4n) is 1.64. The van der Waals surface area contributed by atoms with E-state index in [1.165, 1.54) is 0 Å². The van der Waals surface area contributed by atoms with Crippen LogP contribution in [0.1, 0.15) is 15.9 Å². The molecule has 19 heavy (non-hydrogen) atoms. The SMILES string of the molecule is Cc1ccc(Br)c(C(=O)Nc2cc(N)ccc2Br)c1. The first-order chi connectivity index (χ1) is 8.97. The summed E-state index contributed by atoms with van der Waals surface area (Å²) in [6, 6.07) is 10.9. The number of aryl methyl sites for hydroxylation is 1. The van der Waals surface area contributed by atoms with Crippen LogP contribution in [0.2, 0.25) is 0 Å². The number of hydrogen-bond acceptors (Lipinski definition) is 2. The van der Waals surface area contributed by atoms with Gasteiger partial charge < -0.3 is 11.1 Å². The van der Waals surface area contributed by atoms with Gasteiger partial charge in [-0.2, -0.15) is 0 Å². The lowest BCUT2D eigenvalue weighted by atomic mass is 10.1. The topological polar surface area (TPSA) is 55.1 Å². The average molecular weight is 384 g/mol. The standard InChI is InChI=1S/C14H12Br2N2O/c1-8-2-4-11(15)10(6-8)14(19)18-13-7-9(17)3-5-12(13)16/h2-7H,17H2,1H3,(H,18,19). The number of carbonyl (C=O) groups is 1. The minimum absolute atomic E-state index is 0.179. The summed E-state index contributed by atoms with van der Waals surface area (Å²) in [5, 5.41) is 2.84. The summed E-state index contributed by atoms with van der Waals surface area (Å²) in [5.74, 6) is -0.179. The van der Waals surface area contributed by atoms with Gasteiger partial charge in [-0.3, -0.25) is 4.79 Å². The predicted octanol–water partition coefficient (Wildman–Crippen LogP) is 4.35. The summed E-state index contributed by atoms with van der Waals surface area (Å²) < 4.78 is 1.55. The Morgan fingerprint density at radius 3 is 2.53 bits per heavy atom. The van der Waals surface area contributed by atoms with E-state index in [9.17, 15) is 4.79 Å². The van der Waals surface area contributed by atoms with Crippen LogP contribution in [0.25, 0.3) is 0 Å². The molecule has 0 spiro atoms. The summed E-state index contributed by atoms with van der Waals surface area (Å²) in [5.41, 5.74) is 8.58. The lowest BCUT2D eigenvalue weighted by molar-refractivity contribution is 0.102. The Morgan fingerprint density at radius 2 is 1.79 bits per heavy atom. The predicted molar refractivity (Wildman–Crippen MR) is 85.4 cm³/mol. The summed E-state index contributed by atoms with van der Waals surface area (Å²) in [6.45, 7) is 1.94. The molecule has 0 fully saturated rings. The number of carbonyl (C=O) groups excluding carboxylic acids is 1. The lowest BCUT2D eigenvalue weighted by Crippen LogP contribution is -2.13. The van der Waals surface area contributed by atoms with E-state index in [1.54, 1.807) is 18.2 Å². The fraction of sp³-hybridized carbons (Fsp3) is 0.0714. The van der Waals surface area contributed by atoms with E-state index in [-0.39, 0.29) is 5.91 Å². The van der Waals surface area contributed by atoms with E-state index in [2.05, 4.69) is 37.2 Å². The van der Waals surface area contributed by atoms with E-state index in [4.69, 9.17) is 5.73 Å². The van der Waals surface area contributed by atoms with Crippen molar-refractivity contribution in [2.24, 2.45) is 0 Å². The first kappa shape index (κ1) is 14.1. The number of hydrogen-bond donors (Lipinski definition) is 2. The minimum Gasteiger partial charge on any atom is -0.399 e. The quantitative estimate of drug-likeness (QED) is 0.757. The van der Waals surface area contributed by atoms with E-state index in [0.29, 0.717) is 16.9 Å². The molecule has 0 saturated heterocycles. The summed E-state index contributed by atoms with van der Waals surface area (Å²) in [7, 11) is 0. The smallest absolute Gasteiger partial charge is 0.256 e. The third-order valence-electron chi connectivity index (χ3n) is 2.61. The molecule has 0 saturated carbocycles. The van der Waals surface area contributed by atoms with Gasteiger partial charge in [0.25, 0.3) is 5.91 Å². The minimum atomic E-state index is -0.179. The van der Waals surface area contributed by atoms with Gasteiger partial charge in [0.2, 0.25) is 0 Å². The maximum atomic E-state index is 12.2. The van der Waals surface area contributed by atoms with Crippen LogP contribution < -0.4 is 11.1 Å². The maximum Gasteiger partial charge on any atom is 0.256 e. The molecule has 0 radical (unpaired) electrons.